The topological polar surface area (TPSA) is 161 Å². The summed E-state index contributed by atoms with van der Waals surface area (Å²) >= 11 is 0. The molecular weight excluding hydrogens is 1020 g/mol. The van der Waals surface area contributed by atoms with Crippen molar-refractivity contribution in [2.45, 2.75) is 89.8 Å². The minimum atomic E-state index is -0.775. The van der Waals surface area contributed by atoms with Crippen molar-refractivity contribution in [3.63, 3.8) is 0 Å². The Hall–Kier alpha value is -7.81. The molecule has 9 rings (SSSR count). The van der Waals surface area contributed by atoms with Gasteiger partial charge in [-0.1, -0.05) is 182 Å². The van der Waals surface area contributed by atoms with Gasteiger partial charge < -0.3 is 44.8 Å². The first-order valence-corrected chi connectivity index (χ1v) is 28.4. The van der Waals surface area contributed by atoms with Crippen LogP contribution in [0.15, 0.2) is 182 Å². The molecule has 0 unspecified atom stereocenters. The fourth-order valence-electron chi connectivity index (χ4n) is 9.73. The van der Waals surface area contributed by atoms with Gasteiger partial charge in [0.2, 0.25) is 11.8 Å². The maximum atomic E-state index is 13.1. The van der Waals surface area contributed by atoms with Crippen LogP contribution in [0.3, 0.4) is 0 Å². The molecule has 3 saturated heterocycles. The molecular formula is C67H84N6O8. The summed E-state index contributed by atoms with van der Waals surface area (Å²) in [7, 11) is 0. The highest BCUT2D eigenvalue weighted by molar-refractivity contribution is 5.79. The van der Waals surface area contributed by atoms with E-state index in [1.165, 1.54) is 11.1 Å². The smallest absolute Gasteiger partial charge is 0.410 e. The lowest BCUT2D eigenvalue weighted by atomic mass is 9.88. The maximum absolute atomic E-state index is 13.1. The lowest BCUT2D eigenvalue weighted by molar-refractivity contribution is -0.137. The van der Waals surface area contributed by atoms with Crippen LogP contribution in [0, 0.1) is 0 Å². The van der Waals surface area contributed by atoms with E-state index in [0.717, 1.165) is 74.6 Å². The van der Waals surface area contributed by atoms with Gasteiger partial charge in [0.05, 0.1) is 6.42 Å². The zero-order chi connectivity index (χ0) is 58.0. The molecule has 0 saturated carbocycles. The van der Waals surface area contributed by atoms with Crippen LogP contribution in [-0.4, -0.2) is 144 Å². The van der Waals surface area contributed by atoms with Crippen molar-refractivity contribution in [2.24, 2.45) is 0 Å². The third kappa shape index (κ3) is 21.6. The number of piperazine rings is 3. The van der Waals surface area contributed by atoms with Gasteiger partial charge >= 0.3 is 18.2 Å². The Kier molecular flexibility index (Phi) is 24.5. The summed E-state index contributed by atoms with van der Waals surface area (Å²) in [5.74, 6) is -0.332. The summed E-state index contributed by atoms with van der Waals surface area (Å²) in [6, 6.07) is 60.5. The largest absolute Gasteiger partial charge is 0.481 e. The number of carboxylic acids is 1. The summed E-state index contributed by atoms with van der Waals surface area (Å²) < 4.78 is 10.7. The Morgan fingerprint density at radius 1 is 0.370 bits per heavy atom. The number of amides is 4. The van der Waals surface area contributed by atoms with Gasteiger partial charge in [0.1, 0.15) is 11.2 Å². The van der Waals surface area contributed by atoms with E-state index < -0.39 is 11.6 Å². The molecule has 0 aromatic heterocycles. The molecule has 6 aromatic rings. The Labute approximate surface area is 480 Å². The van der Waals surface area contributed by atoms with E-state index >= 15 is 0 Å². The summed E-state index contributed by atoms with van der Waals surface area (Å²) in [4.78, 5) is 67.7. The standard InChI is InChI=1S/C24H30N2O3.C19H22N2O.C15H14O2.C9H18N2O2/c1-24(2,3)29-23(28)26-16-14-25(15-17-26)22(27)18-21(19-10-6-4-7-11-19)20-12-8-5-9-13-20;22-19(21-13-11-20-12-14-21)15-18(16-7-3-1-4-8-16)17-9-5-2-6-10-17;16-15(17)11-14(12-7-3-1-4-8-12)13-9-5-2-6-10-13;1-9(2,3)13-8(12)11-6-4-10-5-7-11/h4-13,21H,14-18H2,1-3H3;1-10,18,20H,11-15H2;1-10,14H,11H2,(H,16,17);10H,4-7H2,1-3H3. The van der Waals surface area contributed by atoms with E-state index in [1.807, 2.05) is 185 Å². The number of aliphatic carboxylic acids is 1. The molecule has 0 atom stereocenters. The quantitative estimate of drug-likeness (QED) is 0.108. The normalized spacial score (nSPS) is 14.5. The number of hydrogen-bond donors (Lipinski definition) is 3. The molecule has 0 spiro atoms. The molecule has 430 valence electrons. The Morgan fingerprint density at radius 2 is 0.593 bits per heavy atom. The molecule has 4 amide bonds. The second-order valence-electron chi connectivity index (χ2n) is 22.3. The van der Waals surface area contributed by atoms with E-state index in [0.29, 0.717) is 39.0 Å². The molecule has 3 aliphatic heterocycles. The molecule has 0 bridgehead atoms. The second kappa shape index (κ2) is 31.8. The number of carbonyl (C=O) groups excluding carboxylic acids is 4. The Morgan fingerprint density at radius 3 is 0.852 bits per heavy atom. The number of carbonyl (C=O) groups is 5. The van der Waals surface area contributed by atoms with E-state index in [9.17, 15) is 24.0 Å². The molecule has 3 N–H and O–H groups in total. The van der Waals surface area contributed by atoms with E-state index in [-0.39, 0.29) is 53.8 Å². The Balaban J connectivity index is 0.000000181. The van der Waals surface area contributed by atoms with E-state index in [1.54, 1.807) is 9.80 Å². The van der Waals surface area contributed by atoms with Gasteiger partial charge in [0.25, 0.3) is 0 Å². The Bertz CT molecular complexity index is 2680. The van der Waals surface area contributed by atoms with Gasteiger partial charge in [0, 0.05) is 109 Å². The maximum Gasteiger partial charge on any atom is 0.410 e. The van der Waals surface area contributed by atoms with Crippen molar-refractivity contribution in [3.8, 4) is 0 Å². The minimum absolute atomic E-state index is 0.0220. The first-order chi connectivity index (χ1) is 38.9. The predicted molar refractivity (Wildman–Crippen MR) is 320 cm³/mol. The molecule has 14 heteroatoms. The second-order valence-corrected chi connectivity index (χ2v) is 22.3. The van der Waals surface area contributed by atoms with Crippen LogP contribution in [-0.2, 0) is 23.9 Å². The van der Waals surface area contributed by atoms with Crippen molar-refractivity contribution in [3.05, 3.63) is 215 Å². The first kappa shape index (κ1) is 62.4. The van der Waals surface area contributed by atoms with Crippen LogP contribution < -0.4 is 10.6 Å². The zero-order valence-electron chi connectivity index (χ0n) is 48.3. The summed E-state index contributed by atoms with van der Waals surface area (Å²) in [5, 5.41) is 15.5. The number of carboxylic acid groups (broad SMARTS) is 1. The number of nitrogens with one attached hydrogen (secondary N) is 2. The minimum Gasteiger partial charge on any atom is -0.481 e. The summed E-state index contributed by atoms with van der Waals surface area (Å²) in [6.45, 7) is 19.9. The molecule has 81 heavy (non-hydrogen) atoms. The number of rotatable bonds is 12. The lowest BCUT2D eigenvalue weighted by Gasteiger charge is -2.36. The van der Waals surface area contributed by atoms with Crippen molar-refractivity contribution in [1.29, 1.82) is 0 Å². The third-order valence-corrected chi connectivity index (χ3v) is 13.9. The van der Waals surface area contributed by atoms with Crippen LogP contribution in [0.2, 0.25) is 0 Å². The van der Waals surface area contributed by atoms with E-state index in [2.05, 4.69) is 59.2 Å². The van der Waals surface area contributed by atoms with E-state index in [4.69, 9.17) is 14.6 Å². The molecule has 0 aliphatic carbocycles. The molecule has 3 fully saturated rings. The lowest BCUT2D eigenvalue weighted by Crippen LogP contribution is -2.51. The van der Waals surface area contributed by atoms with Gasteiger partial charge in [-0.05, 0) is 74.9 Å². The highest BCUT2D eigenvalue weighted by Gasteiger charge is 2.30. The highest BCUT2D eigenvalue weighted by Crippen LogP contribution is 2.31. The van der Waals surface area contributed by atoms with Crippen LogP contribution in [0.4, 0.5) is 9.59 Å². The van der Waals surface area contributed by atoms with Gasteiger partial charge in [-0.2, -0.15) is 0 Å². The third-order valence-electron chi connectivity index (χ3n) is 13.9. The number of hydrogen-bond acceptors (Lipinski definition) is 9. The predicted octanol–water partition coefficient (Wildman–Crippen LogP) is 11.0. The van der Waals surface area contributed by atoms with Crippen molar-refractivity contribution in [1.82, 2.24) is 30.2 Å². The molecule has 0 radical (unpaired) electrons. The van der Waals surface area contributed by atoms with Crippen molar-refractivity contribution < 1.29 is 38.6 Å². The average molecular weight is 1100 g/mol. The molecule has 6 aromatic carbocycles. The van der Waals surface area contributed by atoms with Gasteiger partial charge in [0.15, 0.2) is 0 Å². The number of nitrogens with zero attached hydrogens (tertiary/aromatic N) is 4. The average Bonchev–Trinajstić information content (AvgIpc) is 3.48. The molecule has 3 heterocycles. The van der Waals surface area contributed by atoms with Crippen LogP contribution in [0.1, 0.15) is 112 Å². The fourth-order valence-corrected chi connectivity index (χ4v) is 9.73. The summed E-state index contributed by atoms with van der Waals surface area (Å²) in [5.41, 5.74) is 5.88. The molecule has 3 aliphatic rings. The first-order valence-electron chi connectivity index (χ1n) is 28.4. The molecule has 14 nitrogen and oxygen atoms in total. The monoisotopic (exact) mass is 1100 g/mol. The SMILES string of the molecule is CC(C)(C)OC(=O)N1CCN(C(=O)CC(c2ccccc2)c2ccccc2)CC1.CC(C)(C)OC(=O)N1CCNCC1.O=C(CC(c1ccccc1)c1ccccc1)N1CCNCC1.O=C(O)CC(c1ccccc1)c1ccccc1. The number of ether oxygens (including phenoxy) is 2. The fraction of sp³-hybridized carbons (Fsp3) is 0.388. The number of benzene rings is 6. The van der Waals surface area contributed by atoms with Crippen LogP contribution in [0.5, 0.6) is 0 Å². The van der Waals surface area contributed by atoms with Gasteiger partial charge in [-0.15, -0.1) is 0 Å². The summed E-state index contributed by atoms with van der Waals surface area (Å²) in [6.07, 6.45) is 0.563. The van der Waals surface area contributed by atoms with Crippen molar-refractivity contribution >= 4 is 30.0 Å². The van der Waals surface area contributed by atoms with Crippen LogP contribution in [0.25, 0.3) is 0 Å². The van der Waals surface area contributed by atoms with Crippen LogP contribution >= 0.6 is 0 Å². The van der Waals surface area contributed by atoms with Gasteiger partial charge in [-0.3, -0.25) is 14.4 Å². The zero-order valence-corrected chi connectivity index (χ0v) is 48.3. The van der Waals surface area contributed by atoms with Crippen molar-refractivity contribution in [2.75, 3.05) is 78.5 Å². The highest BCUT2D eigenvalue weighted by atomic mass is 16.6. The van der Waals surface area contributed by atoms with Gasteiger partial charge in [-0.25, -0.2) is 9.59 Å².